The van der Waals surface area contributed by atoms with Gasteiger partial charge in [-0.3, -0.25) is 0 Å². The Balaban J connectivity index is 3.60. The lowest BCUT2D eigenvalue weighted by Gasteiger charge is -2.05. The first-order chi connectivity index (χ1) is 8.20. The molecular formula is C14H25NO2. The second-order valence-corrected chi connectivity index (χ2v) is 4.06. The summed E-state index contributed by atoms with van der Waals surface area (Å²) in [7, 11) is 0. The summed E-state index contributed by atoms with van der Waals surface area (Å²) in [5.74, 6) is -0.259. The minimum Gasteiger partial charge on any atom is -0.462 e. The molecule has 1 N–H and O–H groups in total. The zero-order valence-corrected chi connectivity index (χ0v) is 11.1. The van der Waals surface area contributed by atoms with Crippen molar-refractivity contribution in [1.29, 1.82) is 0 Å². The molecule has 0 atom stereocenters. The van der Waals surface area contributed by atoms with Crippen LogP contribution in [0.15, 0.2) is 24.4 Å². The zero-order valence-electron chi connectivity index (χ0n) is 11.1. The van der Waals surface area contributed by atoms with Crippen LogP contribution in [-0.2, 0) is 9.53 Å². The Hall–Kier alpha value is -1.25. The lowest BCUT2D eigenvalue weighted by atomic mass is 10.2. The van der Waals surface area contributed by atoms with Gasteiger partial charge in [-0.2, -0.15) is 0 Å². The van der Waals surface area contributed by atoms with Crippen LogP contribution in [0, 0.1) is 0 Å². The lowest BCUT2D eigenvalue weighted by Crippen LogP contribution is -2.14. The smallest absolute Gasteiger partial charge is 0.332 e. The van der Waals surface area contributed by atoms with Crippen molar-refractivity contribution in [3.8, 4) is 0 Å². The van der Waals surface area contributed by atoms with E-state index in [4.69, 9.17) is 4.74 Å². The van der Waals surface area contributed by atoms with Crippen molar-refractivity contribution in [3.05, 3.63) is 24.4 Å². The lowest BCUT2D eigenvalue weighted by molar-refractivity contribution is -0.137. The Labute approximate surface area is 105 Å². The van der Waals surface area contributed by atoms with Gasteiger partial charge in [0.2, 0.25) is 0 Å². The maximum absolute atomic E-state index is 11.4. The van der Waals surface area contributed by atoms with Gasteiger partial charge < -0.3 is 10.1 Å². The van der Waals surface area contributed by atoms with Gasteiger partial charge in [0, 0.05) is 18.3 Å². The molecule has 0 saturated heterocycles. The molecule has 0 rings (SSSR count). The van der Waals surface area contributed by atoms with Crippen LogP contribution >= 0.6 is 0 Å². The molecule has 0 aliphatic rings. The Kier molecular flexibility index (Phi) is 10.4. The van der Waals surface area contributed by atoms with E-state index in [-0.39, 0.29) is 5.97 Å². The van der Waals surface area contributed by atoms with Gasteiger partial charge in [-0.25, -0.2) is 4.79 Å². The van der Waals surface area contributed by atoms with E-state index in [0.717, 1.165) is 31.5 Å². The van der Waals surface area contributed by atoms with E-state index in [2.05, 4.69) is 18.8 Å². The first-order valence-electron chi connectivity index (χ1n) is 6.40. The predicted molar refractivity (Wildman–Crippen MR) is 71.7 cm³/mol. The SMILES string of the molecule is C=CCCNC(C)=CC(=O)OCCCCCC. The first-order valence-corrected chi connectivity index (χ1v) is 6.40. The molecule has 3 heteroatoms. The monoisotopic (exact) mass is 239 g/mol. The molecule has 0 radical (unpaired) electrons. The second kappa shape index (κ2) is 11.2. The third-order valence-corrected chi connectivity index (χ3v) is 2.33. The molecule has 98 valence electrons. The summed E-state index contributed by atoms with van der Waals surface area (Å²) in [5.41, 5.74) is 0.838. The van der Waals surface area contributed by atoms with Crippen molar-refractivity contribution in [2.45, 2.75) is 46.0 Å². The standard InChI is InChI=1S/C14H25NO2/c1-4-6-8-9-11-17-14(16)12-13(3)15-10-7-5-2/h5,12,15H,2,4,6-11H2,1,3H3. The fourth-order valence-corrected chi connectivity index (χ4v) is 1.34. The molecule has 0 aliphatic carbocycles. The minimum absolute atomic E-state index is 0.259. The van der Waals surface area contributed by atoms with Crippen molar-refractivity contribution >= 4 is 5.97 Å². The van der Waals surface area contributed by atoms with Gasteiger partial charge in [0.05, 0.1) is 6.61 Å². The molecule has 0 aliphatic heterocycles. The summed E-state index contributed by atoms with van der Waals surface area (Å²) >= 11 is 0. The Morgan fingerprint density at radius 1 is 1.35 bits per heavy atom. The number of carbonyl (C=O) groups is 1. The molecule has 0 fully saturated rings. The average molecular weight is 239 g/mol. The molecule has 0 bridgehead atoms. The molecule has 0 saturated carbocycles. The summed E-state index contributed by atoms with van der Waals surface area (Å²) in [6.07, 6.45) is 8.71. The van der Waals surface area contributed by atoms with Gasteiger partial charge in [-0.05, 0) is 19.8 Å². The highest BCUT2D eigenvalue weighted by molar-refractivity contribution is 5.82. The van der Waals surface area contributed by atoms with Crippen molar-refractivity contribution in [1.82, 2.24) is 5.32 Å². The highest BCUT2D eigenvalue weighted by atomic mass is 16.5. The van der Waals surface area contributed by atoms with Gasteiger partial charge in [0.25, 0.3) is 0 Å². The first kappa shape index (κ1) is 15.8. The van der Waals surface area contributed by atoms with E-state index in [9.17, 15) is 4.79 Å². The summed E-state index contributed by atoms with van der Waals surface area (Å²) in [6, 6.07) is 0. The van der Waals surface area contributed by atoms with Crippen molar-refractivity contribution in [2.24, 2.45) is 0 Å². The van der Waals surface area contributed by atoms with E-state index < -0.39 is 0 Å². The molecule has 0 amide bonds. The highest BCUT2D eigenvalue weighted by Crippen LogP contribution is 1.99. The van der Waals surface area contributed by atoms with Crippen LogP contribution in [0.4, 0.5) is 0 Å². The fourth-order valence-electron chi connectivity index (χ4n) is 1.34. The van der Waals surface area contributed by atoms with Crippen LogP contribution in [-0.4, -0.2) is 19.1 Å². The maximum Gasteiger partial charge on any atom is 0.332 e. The molecule has 0 aromatic heterocycles. The van der Waals surface area contributed by atoms with Crippen LogP contribution in [0.2, 0.25) is 0 Å². The fraction of sp³-hybridized carbons (Fsp3) is 0.643. The van der Waals surface area contributed by atoms with Crippen LogP contribution in [0.5, 0.6) is 0 Å². The molecular weight excluding hydrogens is 214 g/mol. The van der Waals surface area contributed by atoms with Crippen molar-refractivity contribution in [2.75, 3.05) is 13.2 Å². The van der Waals surface area contributed by atoms with Crippen molar-refractivity contribution < 1.29 is 9.53 Å². The Morgan fingerprint density at radius 3 is 2.76 bits per heavy atom. The van der Waals surface area contributed by atoms with E-state index in [0.29, 0.717) is 6.61 Å². The maximum atomic E-state index is 11.4. The van der Waals surface area contributed by atoms with Crippen molar-refractivity contribution in [3.63, 3.8) is 0 Å². The summed E-state index contributed by atoms with van der Waals surface area (Å²) < 4.78 is 5.09. The number of hydrogen-bond acceptors (Lipinski definition) is 3. The summed E-state index contributed by atoms with van der Waals surface area (Å²) in [4.78, 5) is 11.4. The van der Waals surface area contributed by atoms with E-state index in [1.165, 1.54) is 18.9 Å². The van der Waals surface area contributed by atoms with Gasteiger partial charge in [-0.15, -0.1) is 6.58 Å². The van der Waals surface area contributed by atoms with E-state index in [1.807, 2.05) is 13.0 Å². The topological polar surface area (TPSA) is 38.3 Å². The molecule has 0 unspecified atom stereocenters. The predicted octanol–water partition coefficient (Wildman–Crippen LogP) is 3.18. The third kappa shape index (κ3) is 11.0. The number of carbonyl (C=O) groups excluding carboxylic acids is 1. The number of unbranched alkanes of at least 4 members (excludes halogenated alkanes) is 3. The number of rotatable bonds is 10. The number of hydrogen-bond donors (Lipinski definition) is 1. The Morgan fingerprint density at radius 2 is 2.12 bits per heavy atom. The minimum atomic E-state index is -0.259. The van der Waals surface area contributed by atoms with E-state index in [1.54, 1.807) is 0 Å². The van der Waals surface area contributed by atoms with Crippen LogP contribution in [0.25, 0.3) is 0 Å². The van der Waals surface area contributed by atoms with Crippen LogP contribution < -0.4 is 5.32 Å². The quantitative estimate of drug-likeness (QED) is 0.275. The number of esters is 1. The zero-order chi connectivity index (χ0) is 12.9. The molecule has 0 heterocycles. The molecule has 0 aromatic rings. The second-order valence-electron chi connectivity index (χ2n) is 4.06. The molecule has 0 aromatic carbocycles. The van der Waals surface area contributed by atoms with Crippen LogP contribution in [0.3, 0.4) is 0 Å². The molecule has 3 nitrogen and oxygen atoms in total. The average Bonchev–Trinajstić information content (AvgIpc) is 2.29. The number of nitrogens with one attached hydrogen (secondary N) is 1. The number of ether oxygens (including phenoxy) is 1. The summed E-state index contributed by atoms with van der Waals surface area (Å²) in [6.45, 7) is 8.98. The Bertz CT molecular complexity index is 247. The van der Waals surface area contributed by atoms with Gasteiger partial charge in [-0.1, -0.05) is 32.3 Å². The highest BCUT2D eigenvalue weighted by Gasteiger charge is 1.98. The largest absolute Gasteiger partial charge is 0.462 e. The van der Waals surface area contributed by atoms with Gasteiger partial charge >= 0.3 is 5.97 Å². The molecule has 17 heavy (non-hydrogen) atoms. The van der Waals surface area contributed by atoms with Crippen LogP contribution in [0.1, 0.15) is 46.0 Å². The normalized spacial score (nSPS) is 11.1. The summed E-state index contributed by atoms with van der Waals surface area (Å²) in [5, 5.41) is 3.11. The van der Waals surface area contributed by atoms with Gasteiger partial charge in [0.15, 0.2) is 0 Å². The van der Waals surface area contributed by atoms with Gasteiger partial charge in [0.1, 0.15) is 0 Å². The van der Waals surface area contributed by atoms with E-state index >= 15 is 0 Å². The number of allylic oxidation sites excluding steroid dienone is 1. The third-order valence-electron chi connectivity index (χ3n) is 2.33. The molecule has 0 spiro atoms.